The van der Waals surface area contributed by atoms with Gasteiger partial charge in [0, 0.05) is 24.1 Å². The van der Waals surface area contributed by atoms with Crippen LogP contribution < -0.4 is 15.2 Å². The highest BCUT2D eigenvalue weighted by Crippen LogP contribution is 2.42. The van der Waals surface area contributed by atoms with Gasteiger partial charge in [0.15, 0.2) is 6.10 Å². The van der Waals surface area contributed by atoms with Crippen LogP contribution in [0.1, 0.15) is 29.1 Å². The summed E-state index contributed by atoms with van der Waals surface area (Å²) in [6.45, 7) is 0. The molecule has 0 saturated carbocycles. The van der Waals surface area contributed by atoms with Crippen LogP contribution in [0.2, 0.25) is 4.34 Å². The van der Waals surface area contributed by atoms with E-state index in [0.29, 0.717) is 10.8 Å². The third-order valence-corrected chi connectivity index (χ3v) is 4.34. The maximum Gasteiger partial charge on any atom is 0.152 e. The number of nitrogens with two attached hydrogens (primary N) is 1. The summed E-state index contributed by atoms with van der Waals surface area (Å²) < 4.78 is 11.8. The van der Waals surface area contributed by atoms with Gasteiger partial charge in [-0.15, -0.1) is 11.3 Å². The van der Waals surface area contributed by atoms with Crippen molar-refractivity contribution in [2.75, 3.05) is 7.11 Å². The number of aromatic nitrogens is 1. The molecule has 2 N–H and O–H groups in total. The fraction of sp³-hybridized carbons (Fsp3) is 0.308. The van der Waals surface area contributed by atoms with E-state index < -0.39 is 0 Å². The first-order valence-corrected chi connectivity index (χ1v) is 7.08. The van der Waals surface area contributed by atoms with E-state index in [-0.39, 0.29) is 12.1 Å². The second kappa shape index (κ2) is 5.00. The summed E-state index contributed by atoms with van der Waals surface area (Å²) in [4.78, 5) is 4.26. The van der Waals surface area contributed by atoms with Gasteiger partial charge in [0.2, 0.25) is 0 Å². The Morgan fingerprint density at radius 2 is 2.37 bits per heavy atom. The van der Waals surface area contributed by atoms with Crippen molar-refractivity contribution in [3.63, 3.8) is 0 Å². The van der Waals surface area contributed by atoms with Gasteiger partial charge in [-0.05, 0) is 6.07 Å². The monoisotopic (exact) mass is 296 g/mol. The van der Waals surface area contributed by atoms with Crippen LogP contribution in [-0.4, -0.2) is 12.1 Å². The fourth-order valence-electron chi connectivity index (χ4n) is 2.18. The smallest absolute Gasteiger partial charge is 0.152 e. The second-order valence-corrected chi connectivity index (χ2v) is 6.05. The minimum Gasteiger partial charge on any atom is -0.497 e. The van der Waals surface area contributed by atoms with Gasteiger partial charge in [-0.25, -0.2) is 4.98 Å². The van der Waals surface area contributed by atoms with Crippen molar-refractivity contribution in [2.24, 2.45) is 5.73 Å². The average Bonchev–Trinajstić information content (AvgIpc) is 2.84. The van der Waals surface area contributed by atoms with Gasteiger partial charge in [-0.3, -0.25) is 0 Å². The number of hydrogen-bond donors (Lipinski definition) is 1. The Hall–Kier alpha value is -1.30. The zero-order valence-corrected chi connectivity index (χ0v) is 11.9. The molecule has 1 aliphatic heterocycles. The van der Waals surface area contributed by atoms with Gasteiger partial charge in [-0.1, -0.05) is 17.7 Å². The standard InChI is InChI=1S/C13H13ClN2O2S/c1-17-7-2-3-8-9(15)5-11(18-10(8)4-7)13-16-6-12(14)19-13/h2-4,6,9,11H,5,15H2,1H3/t9-,11?/m1/s1. The summed E-state index contributed by atoms with van der Waals surface area (Å²) in [7, 11) is 1.63. The summed E-state index contributed by atoms with van der Waals surface area (Å²) in [6.07, 6.45) is 2.19. The van der Waals surface area contributed by atoms with Crippen LogP contribution in [0.15, 0.2) is 24.4 Å². The van der Waals surface area contributed by atoms with Crippen LogP contribution in [0, 0.1) is 0 Å². The van der Waals surface area contributed by atoms with Crippen LogP contribution >= 0.6 is 22.9 Å². The molecular weight excluding hydrogens is 284 g/mol. The van der Waals surface area contributed by atoms with Gasteiger partial charge in [0.05, 0.1) is 13.3 Å². The molecule has 1 aliphatic rings. The first-order valence-electron chi connectivity index (χ1n) is 5.89. The molecule has 0 spiro atoms. The molecule has 0 aliphatic carbocycles. The number of thiazole rings is 1. The van der Waals surface area contributed by atoms with Crippen LogP contribution in [0.5, 0.6) is 11.5 Å². The van der Waals surface area contributed by atoms with Gasteiger partial charge >= 0.3 is 0 Å². The lowest BCUT2D eigenvalue weighted by Crippen LogP contribution is -2.24. The molecule has 1 aromatic heterocycles. The zero-order valence-electron chi connectivity index (χ0n) is 10.3. The Balaban J connectivity index is 1.93. The molecule has 6 heteroatoms. The molecule has 100 valence electrons. The number of nitrogens with zero attached hydrogens (tertiary/aromatic N) is 1. The lowest BCUT2D eigenvalue weighted by Gasteiger charge is -2.29. The number of fused-ring (bicyclic) bond motifs is 1. The Morgan fingerprint density at radius 1 is 1.53 bits per heavy atom. The van der Waals surface area contributed by atoms with E-state index in [4.69, 9.17) is 26.8 Å². The molecule has 2 atom stereocenters. The first kappa shape index (κ1) is 12.7. The normalized spacial score (nSPS) is 21.6. The maximum atomic E-state index is 6.20. The predicted octanol–water partition coefficient (Wildman–Crippen LogP) is 3.33. The first-order chi connectivity index (χ1) is 9.17. The van der Waals surface area contributed by atoms with Crippen molar-refractivity contribution in [3.05, 3.63) is 39.3 Å². The Kier molecular flexibility index (Phi) is 3.35. The summed E-state index contributed by atoms with van der Waals surface area (Å²) in [5.74, 6) is 1.51. The molecule has 2 heterocycles. The number of hydrogen-bond acceptors (Lipinski definition) is 5. The third-order valence-electron chi connectivity index (χ3n) is 3.13. The second-order valence-electron chi connectivity index (χ2n) is 4.36. The lowest BCUT2D eigenvalue weighted by molar-refractivity contribution is 0.160. The Morgan fingerprint density at radius 3 is 3.05 bits per heavy atom. The topological polar surface area (TPSA) is 57.4 Å². The molecule has 0 amide bonds. The number of rotatable bonds is 2. The van der Waals surface area contributed by atoms with E-state index in [1.54, 1.807) is 13.3 Å². The van der Waals surface area contributed by atoms with Crippen LogP contribution in [0.25, 0.3) is 0 Å². The SMILES string of the molecule is COc1ccc2c(c1)OC(c1ncc(Cl)s1)C[C@H]2N. The molecule has 2 aromatic rings. The fourth-order valence-corrected chi connectivity index (χ4v) is 3.15. The van der Waals surface area contributed by atoms with E-state index in [2.05, 4.69) is 4.98 Å². The summed E-state index contributed by atoms with van der Waals surface area (Å²) in [6, 6.07) is 5.63. The van der Waals surface area contributed by atoms with Crippen LogP contribution in [-0.2, 0) is 0 Å². The number of ether oxygens (including phenoxy) is 2. The molecule has 0 fully saturated rings. The van der Waals surface area contributed by atoms with E-state index in [9.17, 15) is 0 Å². The average molecular weight is 297 g/mol. The van der Waals surface area contributed by atoms with Crippen molar-refractivity contribution >= 4 is 22.9 Å². The summed E-state index contributed by atoms with van der Waals surface area (Å²) >= 11 is 7.34. The number of halogens is 1. The molecular formula is C13H13ClN2O2S. The third kappa shape index (κ3) is 2.41. The van der Waals surface area contributed by atoms with E-state index >= 15 is 0 Å². The lowest BCUT2D eigenvalue weighted by atomic mass is 9.97. The quantitative estimate of drug-likeness (QED) is 0.923. The van der Waals surface area contributed by atoms with E-state index in [1.807, 2.05) is 18.2 Å². The molecule has 1 aromatic carbocycles. The molecule has 3 rings (SSSR count). The summed E-state index contributed by atoms with van der Waals surface area (Å²) in [5.41, 5.74) is 7.20. The molecule has 4 nitrogen and oxygen atoms in total. The highest BCUT2D eigenvalue weighted by Gasteiger charge is 2.29. The summed E-state index contributed by atoms with van der Waals surface area (Å²) in [5, 5.41) is 0.855. The zero-order chi connectivity index (χ0) is 13.4. The largest absolute Gasteiger partial charge is 0.497 e. The molecule has 19 heavy (non-hydrogen) atoms. The number of methoxy groups -OCH3 is 1. The van der Waals surface area contributed by atoms with Gasteiger partial charge < -0.3 is 15.2 Å². The molecule has 0 saturated heterocycles. The van der Waals surface area contributed by atoms with Gasteiger partial charge in [0.1, 0.15) is 20.8 Å². The minimum atomic E-state index is -0.146. The van der Waals surface area contributed by atoms with E-state index in [1.165, 1.54) is 11.3 Å². The molecule has 0 radical (unpaired) electrons. The van der Waals surface area contributed by atoms with Crippen molar-refractivity contribution < 1.29 is 9.47 Å². The van der Waals surface area contributed by atoms with Crippen molar-refractivity contribution in [3.8, 4) is 11.5 Å². The molecule has 1 unspecified atom stereocenters. The predicted molar refractivity (Wildman–Crippen MR) is 75.0 cm³/mol. The van der Waals surface area contributed by atoms with Gasteiger partial charge in [0.25, 0.3) is 0 Å². The highest BCUT2D eigenvalue weighted by atomic mass is 35.5. The van der Waals surface area contributed by atoms with E-state index in [0.717, 1.165) is 22.1 Å². The van der Waals surface area contributed by atoms with Crippen molar-refractivity contribution in [1.29, 1.82) is 0 Å². The molecule has 0 bridgehead atoms. The van der Waals surface area contributed by atoms with Crippen LogP contribution in [0.3, 0.4) is 0 Å². The minimum absolute atomic E-state index is 0.0673. The van der Waals surface area contributed by atoms with Crippen LogP contribution in [0.4, 0.5) is 0 Å². The Bertz CT molecular complexity index is 602. The van der Waals surface area contributed by atoms with Gasteiger partial charge in [-0.2, -0.15) is 0 Å². The Labute approximate surface area is 120 Å². The highest BCUT2D eigenvalue weighted by molar-refractivity contribution is 7.15. The van der Waals surface area contributed by atoms with Crippen molar-refractivity contribution in [2.45, 2.75) is 18.6 Å². The van der Waals surface area contributed by atoms with Crippen molar-refractivity contribution in [1.82, 2.24) is 4.98 Å². The number of benzene rings is 1. The maximum absolute atomic E-state index is 6.20.